The van der Waals surface area contributed by atoms with E-state index >= 15 is 0 Å². The highest BCUT2D eigenvalue weighted by atomic mass is 19.4. The molecule has 2 saturated carbocycles. The number of hydrogen-bond donors (Lipinski definition) is 2. The van der Waals surface area contributed by atoms with Crippen LogP contribution in [0, 0.1) is 0 Å². The first-order chi connectivity index (χ1) is 16.7. The first kappa shape index (κ1) is 23.7. The Bertz CT molecular complexity index is 1100. The molecule has 3 aliphatic rings. The van der Waals surface area contributed by atoms with Gasteiger partial charge < -0.3 is 16.0 Å². The molecular weight excluding hydrogens is 459 g/mol. The number of nitrogens with two attached hydrogens (primary N) is 1. The van der Waals surface area contributed by atoms with E-state index in [1.807, 2.05) is 4.68 Å². The van der Waals surface area contributed by atoms with Crippen molar-refractivity contribution < 1.29 is 22.8 Å². The second kappa shape index (κ2) is 9.20. The van der Waals surface area contributed by atoms with Crippen molar-refractivity contribution in [3.63, 3.8) is 0 Å². The molecule has 1 aromatic heterocycles. The minimum atomic E-state index is -4.42. The number of rotatable bonds is 5. The number of benzene rings is 1. The lowest BCUT2D eigenvalue weighted by molar-refractivity contribution is -0.138. The first-order valence-electron chi connectivity index (χ1n) is 12.3. The Morgan fingerprint density at radius 3 is 2.37 bits per heavy atom. The van der Waals surface area contributed by atoms with Crippen molar-refractivity contribution in [1.82, 2.24) is 20.0 Å². The van der Waals surface area contributed by atoms with Crippen molar-refractivity contribution in [2.75, 3.05) is 13.1 Å². The van der Waals surface area contributed by atoms with Gasteiger partial charge in [0.2, 0.25) is 0 Å². The van der Waals surface area contributed by atoms with Gasteiger partial charge in [-0.2, -0.15) is 18.3 Å². The molecule has 0 bridgehead atoms. The molecule has 2 heterocycles. The summed E-state index contributed by atoms with van der Waals surface area (Å²) in [5, 5.41) is 7.38. The lowest BCUT2D eigenvalue weighted by Crippen LogP contribution is -2.41. The van der Waals surface area contributed by atoms with Gasteiger partial charge in [-0.05, 0) is 56.6 Å². The molecule has 0 spiro atoms. The first-order valence-corrected chi connectivity index (χ1v) is 12.3. The molecule has 1 saturated heterocycles. The van der Waals surface area contributed by atoms with Crippen LogP contribution in [0.15, 0.2) is 30.5 Å². The monoisotopic (exact) mass is 489 g/mol. The fourth-order valence-corrected chi connectivity index (χ4v) is 5.74. The van der Waals surface area contributed by atoms with Gasteiger partial charge in [0, 0.05) is 31.0 Å². The average molecular weight is 490 g/mol. The molecular formula is C25H30F3N5O2. The molecule has 3 fully saturated rings. The number of urea groups is 1. The molecule has 1 aromatic carbocycles. The zero-order valence-electron chi connectivity index (χ0n) is 19.4. The Kier molecular flexibility index (Phi) is 6.23. The highest BCUT2D eigenvalue weighted by Crippen LogP contribution is 2.45. The third kappa shape index (κ3) is 4.88. The molecule has 0 radical (unpaired) electrons. The summed E-state index contributed by atoms with van der Waals surface area (Å²) >= 11 is 0. The number of aromatic nitrogens is 2. The van der Waals surface area contributed by atoms with Gasteiger partial charge in [-0.1, -0.05) is 18.2 Å². The summed E-state index contributed by atoms with van der Waals surface area (Å²) in [7, 11) is 0. The van der Waals surface area contributed by atoms with Gasteiger partial charge in [-0.15, -0.1) is 0 Å². The molecule has 3 N–H and O–H groups in total. The summed E-state index contributed by atoms with van der Waals surface area (Å²) in [5.74, 6) is -0.194. The Hall–Kier alpha value is -3.04. The molecule has 10 heteroatoms. The maximum absolute atomic E-state index is 13.5. The van der Waals surface area contributed by atoms with Crippen LogP contribution in [-0.4, -0.2) is 45.8 Å². The molecule has 188 valence electrons. The van der Waals surface area contributed by atoms with Gasteiger partial charge in [0.15, 0.2) is 0 Å². The summed E-state index contributed by atoms with van der Waals surface area (Å²) < 4.78 is 42.6. The molecule has 3 amide bonds. The van der Waals surface area contributed by atoms with Crippen LogP contribution in [0.2, 0.25) is 0 Å². The molecule has 35 heavy (non-hydrogen) atoms. The summed E-state index contributed by atoms with van der Waals surface area (Å²) in [6, 6.07) is 5.37. The zero-order chi connectivity index (χ0) is 24.7. The highest BCUT2D eigenvalue weighted by molar-refractivity contribution is 5.95. The van der Waals surface area contributed by atoms with Crippen molar-refractivity contribution in [3.8, 4) is 0 Å². The van der Waals surface area contributed by atoms with E-state index < -0.39 is 17.8 Å². The van der Waals surface area contributed by atoms with Gasteiger partial charge in [0.1, 0.15) is 0 Å². The Balaban J connectivity index is 1.32. The predicted molar refractivity (Wildman–Crippen MR) is 123 cm³/mol. The number of hydrogen-bond acceptors (Lipinski definition) is 3. The number of alkyl halides is 3. The molecule has 1 aliphatic heterocycles. The number of carbonyl (C=O) groups is 2. The number of primary amides is 1. The third-order valence-corrected chi connectivity index (χ3v) is 7.60. The fourth-order valence-electron chi connectivity index (χ4n) is 5.74. The molecule has 0 unspecified atom stereocenters. The van der Waals surface area contributed by atoms with Crippen molar-refractivity contribution in [2.24, 2.45) is 5.73 Å². The summed E-state index contributed by atoms with van der Waals surface area (Å²) in [5.41, 5.74) is 6.43. The maximum Gasteiger partial charge on any atom is 0.416 e. The summed E-state index contributed by atoms with van der Waals surface area (Å²) in [4.78, 5) is 26.3. The van der Waals surface area contributed by atoms with E-state index in [2.05, 4.69) is 10.4 Å². The standard InChI is InChI=1S/C25H30F3N5O2/c26-25(27,28)21-4-2-1-3-19(21)16-11-12-32(14-16)23(34)20-13-30-33(22(20)15-5-6-15)18-9-7-17(8-10-18)31-24(29)35/h1-4,13,15-18H,5-12,14H2,(H3,29,31,35)/t16-,17?,18?/m1/s1. The van der Waals surface area contributed by atoms with Crippen LogP contribution >= 0.6 is 0 Å². The second-order valence-electron chi connectivity index (χ2n) is 10.00. The Labute approximate surface area is 201 Å². The lowest BCUT2D eigenvalue weighted by atomic mass is 9.91. The van der Waals surface area contributed by atoms with Crippen LogP contribution in [0.4, 0.5) is 18.0 Å². The van der Waals surface area contributed by atoms with Gasteiger partial charge >= 0.3 is 12.2 Å². The minimum absolute atomic E-state index is 0.0610. The van der Waals surface area contributed by atoms with Crippen molar-refractivity contribution in [3.05, 3.63) is 52.8 Å². The van der Waals surface area contributed by atoms with E-state index in [0.29, 0.717) is 24.4 Å². The van der Waals surface area contributed by atoms with Crippen LogP contribution in [0.3, 0.4) is 0 Å². The van der Waals surface area contributed by atoms with Gasteiger partial charge in [-0.25, -0.2) is 4.79 Å². The van der Waals surface area contributed by atoms with Crippen molar-refractivity contribution >= 4 is 11.9 Å². The molecule has 2 aromatic rings. The Morgan fingerprint density at radius 1 is 1.00 bits per heavy atom. The topological polar surface area (TPSA) is 93.2 Å². The fraction of sp³-hybridized carbons (Fsp3) is 0.560. The van der Waals surface area contributed by atoms with Gasteiger partial charge in [0.05, 0.1) is 29.1 Å². The maximum atomic E-state index is 13.5. The van der Waals surface area contributed by atoms with E-state index in [1.54, 1.807) is 17.2 Å². The minimum Gasteiger partial charge on any atom is -0.352 e. The Morgan fingerprint density at radius 2 is 1.71 bits per heavy atom. The zero-order valence-corrected chi connectivity index (χ0v) is 19.4. The number of nitrogens with zero attached hydrogens (tertiary/aromatic N) is 3. The molecule has 1 atom stereocenters. The van der Waals surface area contributed by atoms with Crippen molar-refractivity contribution in [2.45, 2.75) is 75.0 Å². The van der Waals surface area contributed by atoms with E-state index in [9.17, 15) is 22.8 Å². The molecule has 5 rings (SSSR count). The number of likely N-dealkylation sites (tertiary alicyclic amines) is 1. The number of halogens is 3. The lowest BCUT2D eigenvalue weighted by Gasteiger charge is -2.30. The normalized spacial score (nSPS) is 25.0. The van der Waals surface area contributed by atoms with Crippen LogP contribution in [-0.2, 0) is 6.18 Å². The third-order valence-electron chi connectivity index (χ3n) is 7.60. The van der Waals surface area contributed by atoms with Gasteiger partial charge in [-0.3, -0.25) is 9.48 Å². The van der Waals surface area contributed by atoms with Crippen LogP contribution in [0.5, 0.6) is 0 Å². The van der Waals surface area contributed by atoms with Crippen LogP contribution in [0.1, 0.15) is 90.0 Å². The number of carbonyl (C=O) groups excluding carboxylic acids is 2. The quantitative estimate of drug-likeness (QED) is 0.645. The molecule has 2 aliphatic carbocycles. The summed E-state index contributed by atoms with van der Waals surface area (Å²) in [6.07, 6.45) is 3.00. The predicted octanol–water partition coefficient (Wildman–Crippen LogP) is 4.56. The highest BCUT2D eigenvalue weighted by Gasteiger charge is 2.40. The average Bonchev–Trinajstić information content (AvgIpc) is 3.37. The number of nitrogens with one attached hydrogen (secondary N) is 1. The second-order valence-corrected chi connectivity index (χ2v) is 10.00. The SMILES string of the molecule is NC(=O)NC1CCC(n2ncc(C(=O)N3CC[C@@H](c4ccccc4C(F)(F)F)C3)c2C2CC2)CC1. The van der Waals surface area contributed by atoms with E-state index in [4.69, 9.17) is 5.73 Å². The number of amides is 3. The smallest absolute Gasteiger partial charge is 0.352 e. The van der Waals surface area contributed by atoms with Gasteiger partial charge in [0.25, 0.3) is 5.91 Å². The largest absolute Gasteiger partial charge is 0.416 e. The summed E-state index contributed by atoms with van der Waals surface area (Å²) in [6.45, 7) is 0.694. The van der Waals surface area contributed by atoms with Crippen molar-refractivity contribution in [1.29, 1.82) is 0 Å². The van der Waals surface area contributed by atoms with Crippen LogP contribution < -0.4 is 11.1 Å². The molecule has 7 nitrogen and oxygen atoms in total. The van der Waals surface area contributed by atoms with E-state index in [0.717, 1.165) is 50.3 Å². The van der Waals surface area contributed by atoms with Crippen LogP contribution in [0.25, 0.3) is 0 Å². The van der Waals surface area contributed by atoms with E-state index in [-0.39, 0.29) is 36.0 Å². The van der Waals surface area contributed by atoms with E-state index in [1.165, 1.54) is 12.1 Å².